The van der Waals surface area contributed by atoms with Crippen molar-refractivity contribution in [3.63, 3.8) is 0 Å². The van der Waals surface area contributed by atoms with E-state index in [0.717, 1.165) is 54.9 Å². The summed E-state index contributed by atoms with van der Waals surface area (Å²) in [5, 5.41) is 0. The number of aromatic nitrogens is 2. The zero-order valence-corrected chi connectivity index (χ0v) is 20.9. The Bertz CT molecular complexity index is 1190. The minimum atomic E-state index is -0.0381. The number of hydrogen-bond acceptors (Lipinski definition) is 3. The number of nitrogens with zero attached hydrogens (tertiary/aromatic N) is 4. The normalized spacial score (nSPS) is 19.1. The van der Waals surface area contributed by atoms with Gasteiger partial charge in [0, 0.05) is 37.7 Å². The number of amides is 2. The standard InChI is InChI=1S/C29H36N4O2/c1-3-4-7-22-10-12-24(13-11-22)32-19-23(18-27(32)34)29-30-25-8-5-6-9-26(25)33(29)20-28(35)31-16-14-21(2)15-17-31/h5-6,8-13,21,23H,3-4,7,14-20H2,1-2H3/t23-/m1/s1. The second kappa shape index (κ2) is 10.2. The zero-order chi connectivity index (χ0) is 24.4. The smallest absolute Gasteiger partial charge is 0.242 e. The van der Waals surface area contributed by atoms with E-state index in [4.69, 9.17) is 4.98 Å². The molecule has 0 aliphatic carbocycles. The zero-order valence-electron chi connectivity index (χ0n) is 20.9. The molecule has 0 saturated carbocycles. The van der Waals surface area contributed by atoms with Crippen LogP contribution >= 0.6 is 0 Å². The minimum absolute atomic E-state index is 0.0381. The van der Waals surface area contributed by atoms with E-state index in [1.54, 1.807) is 0 Å². The van der Waals surface area contributed by atoms with E-state index in [-0.39, 0.29) is 24.3 Å². The highest BCUT2D eigenvalue weighted by molar-refractivity contribution is 5.96. The van der Waals surface area contributed by atoms with Crippen molar-refractivity contribution in [1.82, 2.24) is 14.5 Å². The molecule has 0 N–H and O–H groups in total. The molecule has 0 radical (unpaired) electrons. The van der Waals surface area contributed by atoms with E-state index >= 15 is 0 Å². The predicted molar refractivity (Wildman–Crippen MR) is 139 cm³/mol. The Kier molecular flexibility index (Phi) is 6.89. The first-order valence-corrected chi connectivity index (χ1v) is 13.2. The van der Waals surface area contributed by atoms with Crippen molar-refractivity contribution in [1.29, 1.82) is 0 Å². The largest absolute Gasteiger partial charge is 0.341 e. The number of para-hydroxylation sites is 2. The third kappa shape index (κ3) is 4.97. The fourth-order valence-corrected chi connectivity index (χ4v) is 5.42. The molecule has 2 fully saturated rings. The first kappa shape index (κ1) is 23.6. The highest BCUT2D eigenvalue weighted by Crippen LogP contribution is 2.33. The average Bonchev–Trinajstić information content (AvgIpc) is 3.44. The molecule has 1 atom stereocenters. The van der Waals surface area contributed by atoms with E-state index in [0.29, 0.717) is 18.9 Å². The van der Waals surface area contributed by atoms with Gasteiger partial charge in [-0.15, -0.1) is 0 Å². The Morgan fingerprint density at radius 3 is 2.54 bits per heavy atom. The van der Waals surface area contributed by atoms with Crippen LogP contribution in [-0.2, 0) is 22.6 Å². The number of likely N-dealkylation sites (tertiary alicyclic amines) is 1. The Balaban J connectivity index is 1.38. The second-order valence-electron chi connectivity index (χ2n) is 10.3. The SMILES string of the molecule is CCCCc1ccc(N2C[C@H](c3nc4ccccc4n3CC(=O)N3CCC(C)CC3)CC2=O)cc1. The monoisotopic (exact) mass is 472 g/mol. The maximum atomic E-state index is 13.2. The number of aryl methyl sites for hydroxylation is 1. The molecule has 2 aliphatic rings. The summed E-state index contributed by atoms with van der Waals surface area (Å²) in [4.78, 5) is 35.1. The lowest BCUT2D eigenvalue weighted by Gasteiger charge is -2.30. The van der Waals surface area contributed by atoms with Gasteiger partial charge in [0.1, 0.15) is 12.4 Å². The maximum absolute atomic E-state index is 13.2. The predicted octanol–water partition coefficient (Wildman–Crippen LogP) is 5.16. The van der Waals surface area contributed by atoms with Crippen LogP contribution in [-0.4, -0.2) is 45.9 Å². The molecule has 3 aromatic rings. The van der Waals surface area contributed by atoms with E-state index < -0.39 is 0 Å². The highest BCUT2D eigenvalue weighted by atomic mass is 16.2. The number of fused-ring (bicyclic) bond motifs is 1. The molecular weight excluding hydrogens is 436 g/mol. The van der Waals surface area contributed by atoms with Gasteiger partial charge in [-0.2, -0.15) is 0 Å². The van der Waals surface area contributed by atoms with E-state index in [9.17, 15) is 9.59 Å². The van der Waals surface area contributed by atoms with Crippen LogP contribution in [0.1, 0.15) is 63.3 Å². The summed E-state index contributed by atoms with van der Waals surface area (Å²) in [6.07, 6.45) is 5.96. The Labute approximate surface area is 207 Å². The van der Waals surface area contributed by atoms with Gasteiger partial charge in [0.15, 0.2) is 0 Å². The molecule has 2 aromatic carbocycles. The van der Waals surface area contributed by atoms with Gasteiger partial charge in [-0.3, -0.25) is 9.59 Å². The summed E-state index contributed by atoms with van der Waals surface area (Å²) in [5.74, 6) is 1.75. The molecule has 2 aliphatic heterocycles. The molecule has 6 nitrogen and oxygen atoms in total. The number of rotatable bonds is 7. The van der Waals surface area contributed by atoms with Crippen molar-refractivity contribution < 1.29 is 9.59 Å². The second-order valence-corrected chi connectivity index (χ2v) is 10.3. The summed E-state index contributed by atoms with van der Waals surface area (Å²) in [7, 11) is 0. The van der Waals surface area contributed by atoms with Crippen LogP contribution in [0.5, 0.6) is 0 Å². The van der Waals surface area contributed by atoms with Crippen molar-refractivity contribution >= 4 is 28.5 Å². The number of carbonyl (C=O) groups is 2. The summed E-state index contributed by atoms with van der Waals surface area (Å²) in [5.41, 5.74) is 4.10. The molecule has 1 aromatic heterocycles. The molecule has 3 heterocycles. The average molecular weight is 473 g/mol. The van der Waals surface area contributed by atoms with Crippen LogP contribution in [0.2, 0.25) is 0 Å². The number of anilines is 1. The summed E-state index contributed by atoms with van der Waals surface area (Å²) >= 11 is 0. The third-order valence-corrected chi connectivity index (χ3v) is 7.67. The fraction of sp³-hybridized carbons (Fsp3) is 0.483. The summed E-state index contributed by atoms with van der Waals surface area (Å²) in [6.45, 7) is 6.97. The van der Waals surface area contributed by atoms with Crippen molar-refractivity contribution in [3.05, 3.63) is 59.9 Å². The fourth-order valence-electron chi connectivity index (χ4n) is 5.42. The topological polar surface area (TPSA) is 58.4 Å². The van der Waals surface area contributed by atoms with Crippen LogP contribution < -0.4 is 4.90 Å². The van der Waals surface area contributed by atoms with Crippen molar-refractivity contribution in [2.24, 2.45) is 5.92 Å². The van der Waals surface area contributed by atoms with E-state index in [1.165, 1.54) is 18.4 Å². The van der Waals surface area contributed by atoms with Crippen LogP contribution in [0.15, 0.2) is 48.5 Å². The molecule has 184 valence electrons. The quantitative estimate of drug-likeness (QED) is 0.477. The molecule has 5 rings (SSSR count). The lowest BCUT2D eigenvalue weighted by molar-refractivity contribution is -0.133. The lowest BCUT2D eigenvalue weighted by Crippen LogP contribution is -2.40. The number of piperidine rings is 1. The summed E-state index contributed by atoms with van der Waals surface area (Å²) < 4.78 is 2.06. The molecule has 0 unspecified atom stereocenters. The number of imidazole rings is 1. The molecule has 0 spiro atoms. The Morgan fingerprint density at radius 1 is 1.06 bits per heavy atom. The van der Waals surface area contributed by atoms with Gasteiger partial charge >= 0.3 is 0 Å². The van der Waals surface area contributed by atoms with E-state index in [2.05, 4.69) is 42.7 Å². The highest BCUT2D eigenvalue weighted by Gasteiger charge is 2.35. The van der Waals surface area contributed by atoms with Gasteiger partial charge in [-0.25, -0.2) is 4.98 Å². The van der Waals surface area contributed by atoms with Gasteiger partial charge in [0.2, 0.25) is 11.8 Å². The van der Waals surface area contributed by atoms with Gasteiger partial charge in [-0.05, 0) is 61.4 Å². The first-order chi connectivity index (χ1) is 17.0. The minimum Gasteiger partial charge on any atom is -0.341 e. The van der Waals surface area contributed by atoms with Gasteiger partial charge in [0.05, 0.1) is 11.0 Å². The molecule has 2 amide bonds. The van der Waals surface area contributed by atoms with Gasteiger partial charge in [-0.1, -0.05) is 44.5 Å². The molecule has 2 saturated heterocycles. The van der Waals surface area contributed by atoms with E-state index in [1.807, 2.05) is 34.1 Å². The van der Waals surface area contributed by atoms with Crippen LogP contribution in [0.3, 0.4) is 0 Å². The number of benzene rings is 2. The van der Waals surface area contributed by atoms with Crippen LogP contribution in [0.25, 0.3) is 11.0 Å². The van der Waals surface area contributed by atoms with Crippen molar-refractivity contribution in [2.75, 3.05) is 24.5 Å². The Hall–Kier alpha value is -3.15. The van der Waals surface area contributed by atoms with Gasteiger partial charge < -0.3 is 14.4 Å². The lowest BCUT2D eigenvalue weighted by atomic mass is 9.99. The maximum Gasteiger partial charge on any atom is 0.242 e. The third-order valence-electron chi connectivity index (χ3n) is 7.67. The Morgan fingerprint density at radius 2 is 1.80 bits per heavy atom. The molecular formula is C29H36N4O2. The van der Waals surface area contributed by atoms with Crippen LogP contribution in [0, 0.1) is 5.92 Å². The summed E-state index contributed by atoms with van der Waals surface area (Å²) in [6, 6.07) is 16.4. The van der Waals surface area contributed by atoms with Gasteiger partial charge in [0.25, 0.3) is 0 Å². The molecule has 6 heteroatoms. The molecule has 0 bridgehead atoms. The van der Waals surface area contributed by atoms with Crippen molar-refractivity contribution in [3.8, 4) is 0 Å². The molecule has 35 heavy (non-hydrogen) atoms. The van der Waals surface area contributed by atoms with Crippen molar-refractivity contribution in [2.45, 2.75) is 64.8 Å². The van der Waals surface area contributed by atoms with Crippen LogP contribution in [0.4, 0.5) is 5.69 Å². The number of hydrogen-bond donors (Lipinski definition) is 0. The first-order valence-electron chi connectivity index (χ1n) is 13.2. The number of unbranched alkanes of at least 4 members (excludes halogenated alkanes) is 1. The number of carbonyl (C=O) groups excluding carboxylic acids is 2.